The van der Waals surface area contributed by atoms with Crippen LogP contribution in [-0.2, 0) is 6.54 Å². The number of rotatable bonds is 3. The Balaban J connectivity index is 1.96. The molecule has 2 aromatic carbocycles. The number of hydrogen-bond donors (Lipinski definition) is 2. The number of aryl methyl sites for hydroxylation is 1. The van der Waals surface area contributed by atoms with Crippen LogP contribution in [0.5, 0.6) is 0 Å². The van der Waals surface area contributed by atoms with Crippen LogP contribution in [0.3, 0.4) is 0 Å². The van der Waals surface area contributed by atoms with E-state index in [1.807, 2.05) is 43.3 Å². The van der Waals surface area contributed by atoms with Crippen LogP contribution in [0.25, 0.3) is 10.8 Å². The number of benzene rings is 2. The SMILES string of the molecule is Cc1cc(N)c2ccnc(NCc3ccccc3Cl)c2c1. The van der Waals surface area contributed by atoms with E-state index in [0.29, 0.717) is 6.54 Å². The molecule has 0 aliphatic heterocycles. The molecule has 0 atom stereocenters. The van der Waals surface area contributed by atoms with Gasteiger partial charge in [0.1, 0.15) is 5.82 Å². The monoisotopic (exact) mass is 297 g/mol. The first kappa shape index (κ1) is 13.7. The average Bonchev–Trinajstić information content (AvgIpc) is 2.46. The van der Waals surface area contributed by atoms with Gasteiger partial charge in [0, 0.05) is 34.2 Å². The Labute approximate surface area is 128 Å². The van der Waals surface area contributed by atoms with E-state index in [0.717, 1.165) is 38.4 Å². The Morgan fingerprint density at radius 1 is 1.14 bits per heavy atom. The minimum Gasteiger partial charge on any atom is -0.398 e. The molecule has 3 aromatic rings. The van der Waals surface area contributed by atoms with Crippen LogP contribution in [0.4, 0.5) is 11.5 Å². The van der Waals surface area contributed by atoms with Gasteiger partial charge in [-0.25, -0.2) is 4.98 Å². The molecule has 106 valence electrons. The number of aromatic nitrogens is 1. The number of nitrogens with one attached hydrogen (secondary N) is 1. The molecule has 3 rings (SSSR count). The number of nitrogens with two attached hydrogens (primary N) is 1. The number of fused-ring (bicyclic) bond motifs is 1. The molecule has 21 heavy (non-hydrogen) atoms. The lowest BCUT2D eigenvalue weighted by atomic mass is 10.1. The molecule has 3 N–H and O–H groups in total. The Kier molecular flexibility index (Phi) is 3.67. The van der Waals surface area contributed by atoms with Crippen LogP contribution in [0.1, 0.15) is 11.1 Å². The van der Waals surface area contributed by atoms with E-state index < -0.39 is 0 Å². The summed E-state index contributed by atoms with van der Waals surface area (Å²) in [5.74, 6) is 0.822. The zero-order valence-electron chi connectivity index (χ0n) is 11.7. The minimum absolute atomic E-state index is 0.625. The van der Waals surface area contributed by atoms with Crippen LogP contribution in [0.15, 0.2) is 48.7 Å². The third-order valence-electron chi connectivity index (χ3n) is 3.46. The molecule has 0 unspecified atom stereocenters. The summed E-state index contributed by atoms with van der Waals surface area (Å²) in [6.45, 7) is 2.65. The molecular formula is C17H16ClN3. The van der Waals surface area contributed by atoms with Gasteiger partial charge in [0.05, 0.1) is 0 Å². The Bertz CT molecular complexity index is 799. The zero-order valence-corrected chi connectivity index (χ0v) is 12.5. The molecule has 1 heterocycles. The standard InChI is InChI=1S/C17H16ClN3/c1-11-8-14-13(16(19)9-11)6-7-20-17(14)21-10-12-4-2-3-5-15(12)18/h2-9H,10,19H2,1H3,(H,20,21). The highest BCUT2D eigenvalue weighted by molar-refractivity contribution is 6.31. The van der Waals surface area contributed by atoms with Gasteiger partial charge in [0.15, 0.2) is 0 Å². The van der Waals surface area contributed by atoms with Crippen LogP contribution < -0.4 is 11.1 Å². The minimum atomic E-state index is 0.625. The van der Waals surface area contributed by atoms with Gasteiger partial charge in [-0.05, 0) is 42.3 Å². The van der Waals surface area contributed by atoms with E-state index in [9.17, 15) is 0 Å². The number of halogens is 1. The van der Waals surface area contributed by atoms with Gasteiger partial charge in [-0.2, -0.15) is 0 Å². The molecule has 0 aliphatic carbocycles. The van der Waals surface area contributed by atoms with E-state index in [1.54, 1.807) is 6.20 Å². The van der Waals surface area contributed by atoms with Crippen molar-refractivity contribution in [2.75, 3.05) is 11.1 Å². The lowest BCUT2D eigenvalue weighted by Crippen LogP contribution is -2.03. The maximum absolute atomic E-state index is 6.18. The quantitative estimate of drug-likeness (QED) is 0.705. The number of pyridine rings is 1. The number of nitrogen functional groups attached to an aromatic ring is 1. The summed E-state index contributed by atoms with van der Waals surface area (Å²) >= 11 is 6.18. The molecule has 3 nitrogen and oxygen atoms in total. The molecule has 1 aromatic heterocycles. The van der Waals surface area contributed by atoms with Crippen molar-refractivity contribution in [1.82, 2.24) is 4.98 Å². The van der Waals surface area contributed by atoms with Crippen molar-refractivity contribution in [1.29, 1.82) is 0 Å². The summed E-state index contributed by atoms with van der Waals surface area (Å²) in [4.78, 5) is 4.42. The first-order chi connectivity index (χ1) is 10.1. The summed E-state index contributed by atoms with van der Waals surface area (Å²) < 4.78 is 0. The third-order valence-corrected chi connectivity index (χ3v) is 3.83. The zero-order chi connectivity index (χ0) is 14.8. The van der Waals surface area contributed by atoms with Crippen molar-refractivity contribution in [3.63, 3.8) is 0 Å². The third kappa shape index (κ3) is 2.78. The summed E-state index contributed by atoms with van der Waals surface area (Å²) in [5.41, 5.74) is 9.01. The summed E-state index contributed by atoms with van der Waals surface area (Å²) in [6.07, 6.45) is 1.77. The maximum Gasteiger partial charge on any atom is 0.134 e. The van der Waals surface area contributed by atoms with Gasteiger partial charge in [0.25, 0.3) is 0 Å². The van der Waals surface area contributed by atoms with Crippen molar-refractivity contribution in [3.8, 4) is 0 Å². The molecule has 0 saturated carbocycles. The van der Waals surface area contributed by atoms with Gasteiger partial charge in [-0.1, -0.05) is 29.8 Å². The lowest BCUT2D eigenvalue weighted by Gasteiger charge is -2.11. The van der Waals surface area contributed by atoms with Crippen molar-refractivity contribution in [3.05, 3.63) is 64.8 Å². The number of hydrogen-bond acceptors (Lipinski definition) is 3. The summed E-state index contributed by atoms with van der Waals surface area (Å²) in [5, 5.41) is 6.14. The topological polar surface area (TPSA) is 50.9 Å². The molecule has 0 amide bonds. The first-order valence-electron chi connectivity index (χ1n) is 6.77. The van der Waals surface area contributed by atoms with Gasteiger partial charge >= 0.3 is 0 Å². The highest BCUT2D eigenvalue weighted by atomic mass is 35.5. The molecule has 0 saturated heterocycles. The van der Waals surface area contributed by atoms with Crippen LogP contribution in [0, 0.1) is 6.92 Å². The fourth-order valence-corrected chi connectivity index (χ4v) is 2.63. The highest BCUT2D eigenvalue weighted by Gasteiger charge is 2.06. The Morgan fingerprint density at radius 2 is 1.95 bits per heavy atom. The van der Waals surface area contributed by atoms with Crippen LogP contribution in [-0.4, -0.2) is 4.98 Å². The van der Waals surface area contributed by atoms with Crippen molar-refractivity contribution in [2.24, 2.45) is 0 Å². The molecular weight excluding hydrogens is 282 g/mol. The molecule has 0 aliphatic rings. The van der Waals surface area contributed by atoms with E-state index >= 15 is 0 Å². The van der Waals surface area contributed by atoms with E-state index in [2.05, 4.69) is 16.4 Å². The number of nitrogens with zero attached hydrogens (tertiary/aromatic N) is 1. The smallest absolute Gasteiger partial charge is 0.134 e. The fraction of sp³-hybridized carbons (Fsp3) is 0.118. The Morgan fingerprint density at radius 3 is 2.76 bits per heavy atom. The van der Waals surface area contributed by atoms with Crippen molar-refractivity contribution < 1.29 is 0 Å². The van der Waals surface area contributed by atoms with Gasteiger partial charge in [0.2, 0.25) is 0 Å². The fourth-order valence-electron chi connectivity index (χ4n) is 2.43. The normalized spacial score (nSPS) is 10.8. The Hall–Kier alpha value is -2.26. The maximum atomic E-state index is 6.18. The van der Waals surface area contributed by atoms with Crippen LogP contribution in [0.2, 0.25) is 5.02 Å². The average molecular weight is 298 g/mol. The second kappa shape index (κ2) is 5.62. The van der Waals surface area contributed by atoms with Crippen molar-refractivity contribution >= 4 is 33.9 Å². The predicted molar refractivity (Wildman–Crippen MR) is 89.7 cm³/mol. The second-order valence-electron chi connectivity index (χ2n) is 5.05. The van der Waals surface area contributed by atoms with E-state index in [4.69, 9.17) is 17.3 Å². The van der Waals surface area contributed by atoms with Gasteiger partial charge < -0.3 is 11.1 Å². The highest BCUT2D eigenvalue weighted by Crippen LogP contribution is 2.28. The van der Waals surface area contributed by atoms with Gasteiger partial charge in [-0.3, -0.25) is 0 Å². The number of anilines is 2. The molecule has 0 fully saturated rings. The van der Waals surface area contributed by atoms with E-state index in [-0.39, 0.29) is 0 Å². The first-order valence-corrected chi connectivity index (χ1v) is 7.15. The summed E-state index contributed by atoms with van der Waals surface area (Å²) in [7, 11) is 0. The second-order valence-corrected chi connectivity index (χ2v) is 5.46. The van der Waals surface area contributed by atoms with Gasteiger partial charge in [-0.15, -0.1) is 0 Å². The molecule has 0 spiro atoms. The molecule has 0 radical (unpaired) electrons. The van der Waals surface area contributed by atoms with Crippen LogP contribution >= 0.6 is 11.6 Å². The summed E-state index contributed by atoms with van der Waals surface area (Å²) in [6, 6.07) is 13.8. The lowest BCUT2D eigenvalue weighted by molar-refractivity contribution is 1.12. The largest absolute Gasteiger partial charge is 0.398 e. The van der Waals surface area contributed by atoms with E-state index in [1.165, 1.54) is 0 Å². The molecule has 4 heteroatoms. The molecule has 0 bridgehead atoms. The van der Waals surface area contributed by atoms with Crippen molar-refractivity contribution in [2.45, 2.75) is 13.5 Å². The predicted octanol–water partition coefficient (Wildman–Crippen LogP) is 4.39.